The number of ether oxygens (including phenoxy) is 3. The molecule has 5 rings (SSSR count). The topological polar surface area (TPSA) is 131 Å². The first-order chi connectivity index (χ1) is 16.9. The summed E-state index contributed by atoms with van der Waals surface area (Å²) in [5, 5.41) is 8.73. The molecule has 0 amide bonds. The van der Waals surface area contributed by atoms with E-state index in [0.717, 1.165) is 11.1 Å². The Hall–Kier alpha value is -4.06. The fourth-order valence-corrected chi connectivity index (χ4v) is 5.31. The maximum Gasteiger partial charge on any atom is 0.272 e. The summed E-state index contributed by atoms with van der Waals surface area (Å²) >= 11 is 0. The maximum atomic E-state index is 13.5. The second kappa shape index (κ2) is 8.95. The number of nitrogens with zero attached hydrogens (tertiary/aromatic N) is 4. The molecule has 1 aliphatic rings. The van der Waals surface area contributed by atoms with Gasteiger partial charge in [-0.2, -0.15) is 5.10 Å². The number of rotatable bonds is 7. The van der Waals surface area contributed by atoms with E-state index in [2.05, 4.69) is 20.0 Å². The Labute approximate surface area is 201 Å². The molecule has 1 aromatic carbocycles. The molecule has 0 radical (unpaired) electrons. The van der Waals surface area contributed by atoms with Gasteiger partial charge in [0, 0.05) is 29.7 Å². The molecule has 0 fully saturated rings. The van der Waals surface area contributed by atoms with E-state index in [0.29, 0.717) is 42.0 Å². The second-order valence-corrected chi connectivity index (χ2v) is 9.47. The van der Waals surface area contributed by atoms with Crippen molar-refractivity contribution in [3.8, 4) is 17.4 Å². The van der Waals surface area contributed by atoms with Gasteiger partial charge in [-0.1, -0.05) is 17.3 Å². The summed E-state index contributed by atoms with van der Waals surface area (Å²) in [5.41, 5.74) is 2.75. The van der Waals surface area contributed by atoms with Crippen LogP contribution < -0.4 is 18.9 Å². The first-order valence-corrected chi connectivity index (χ1v) is 12.2. The number of anilines is 1. The summed E-state index contributed by atoms with van der Waals surface area (Å²) in [6.07, 6.45) is 8.09. The highest BCUT2D eigenvalue weighted by Crippen LogP contribution is 2.41. The van der Waals surface area contributed by atoms with Crippen LogP contribution in [0.1, 0.15) is 16.8 Å². The van der Waals surface area contributed by atoms with E-state index < -0.39 is 10.0 Å². The third kappa shape index (κ3) is 4.16. The summed E-state index contributed by atoms with van der Waals surface area (Å²) in [6.45, 7) is 2.53. The molecular formula is C23H23N5O6S. The van der Waals surface area contributed by atoms with Gasteiger partial charge in [-0.15, -0.1) is 0 Å². The number of aryl methyl sites for hydroxylation is 1. The van der Waals surface area contributed by atoms with Crippen LogP contribution in [0.2, 0.25) is 0 Å². The highest BCUT2D eigenvalue weighted by Gasteiger charge is 2.30. The van der Waals surface area contributed by atoms with Crippen molar-refractivity contribution < 1.29 is 27.2 Å². The molecule has 12 heteroatoms. The molecule has 3 aromatic heterocycles. The standard InChI is InChI=1S/C23H23N5O6S/c1-14-11-18(31-2)21(23(25-14)32-3)35(29,30)27-22-19-17(34-26-22)12-15(13-28-9-6-8-24-28)16-7-4-5-10-33-20(16)19/h4-6,8-9,11-12H,7,10,13H2,1-3H3,(H,26,27). The lowest BCUT2D eigenvalue weighted by Gasteiger charge is -2.16. The number of benzene rings is 1. The van der Waals surface area contributed by atoms with Crippen LogP contribution in [0.4, 0.5) is 5.82 Å². The third-order valence-electron chi connectivity index (χ3n) is 5.57. The van der Waals surface area contributed by atoms with Crippen LogP contribution >= 0.6 is 0 Å². The van der Waals surface area contributed by atoms with Gasteiger partial charge in [0.25, 0.3) is 10.0 Å². The molecule has 11 nitrogen and oxygen atoms in total. The van der Waals surface area contributed by atoms with Crippen molar-refractivity contribution in [3.05, 3.63) is 59.6 Å². The van der Waals surface area contributed by atoms with Crippen molar-refractivity contribution in [1.82, 2.24) is 19.9 Å². The van der Waals surface area contributed by atoms with Crippen molar-refractivity contribution in [2.45, 2.75) is 24.8 Å². The van der Waals surface area contributed by atoms with Crippen molar-refractivity contribution in [1.29, 1.82) is 0 Å². The predicted octanol–water partition coefficient (Wildman–Crippen LogP) is 3.09. The Morgan fingerprint density at radius 1 is 1.20 bits per heavy atom. The number of methoxy groups -OCH3 is 2. The number of hydrogen-bond donors (Lipinski definition) is 1. The minimum atomic E-state index is -4.23. The maximum absolute atomic E-state index is 13.5. The molecule has 0 saturated heterocycles. The Kier molecular flexibility index (Phi) is 5.81. The van der Waals surface area contributed by atoms with Crippen LogP contribution in [0.5, 0.6) is 17.4 Å². The lowest BCUT2D eigenvalue weighted by molar-refractivity contribution is 0.360. The van der Waals surface area contributed by atoms with Crippen molar-refractivity contribution in [2.75, 3.05) is 25.5 Å². The molecule has 0 atom stereocenters. The zero-order valence-corrected chi connectivity index (χ0v) is 20.1. The van der Waals surface area contributed by atoms with Gasteiger partial charge in [-0.3, -0.25) is 9.40 Å². The van der Waals surface area contributed by atoms with Crippen LogP contribution in [0.3, 0.4) is 0 Å². The van der Waals surface area contributed by atoms with Gasteiger partial charge in [0.15, 0.2) is 16.3 Å². The normalized spacial score (nSPS) is 13.2. The summed E-state index contributed by atoms with van der Waals surface area (Å²) in [4.78, 5) is 3.94. The average molecular weight is 498 g/mol. The monoisotopic (exact) mass is 497 g/mol. The highest BCUT2D eigenvalue weighted by molar-refractivity contribution is 7.93. The Bertz CT molecular complexity index is 1500. The molecule has 35 heavy (non-hydrogen) atoms. The number of allylic oxidation sites excluding steroid dienone is 1. The zero-order valence-electron chi connectivity index (χ0n) is 19.3. The van der Waals surface area contributed by atoms with Gasteiger partial charge >= 0.3 is 0 Å². The Morgan fingerprint density at radius 3 is 2.80 bits per heavy atom. The minimum Gasteiger partial charge on any atom is -0.495 e. The average Bonchev–Trinajstić information content (AvgIpc) is 3.41. The molecule has 4 aromatic rings. The van der Waals surface area contributed by atoms with Crippen molar-refractivity contribution >= 4 is 26.8 Å². The highest BCUT2D eigenvalue weighted by atomic mass is 32.2. The number of pyridine rings is 1. The molecule has 0 aliphatic carbocycles. The zero-order chi connectivity index (χ0) is 24.6. The largest absolute Gasteiger partial charge is 0.495 e. The van der Waals surface area contributed by atoms with E-state index in [1.54, 1.807) is 17.8 Å². The van der Waals surface area contributed by atoms with Gasteiger partial charge in [0.2, 0.25) is 5.88 Å². The molecule has 0 unspecified atom stereocenters. The second-order valence-electron chi connectivity index (χ2n) is 7.85. The van der Waals surface area contributed by atoms with Crippen molar-refractivity contribution in [3.63, 3.8) is 0 Å². The van der Waals surface area contributed by atoms with E-state index in [9.17, 15) is 8.42 Å². The molecule has 1 aliphatic heterocycles. The first-order valence-electron chi connectivity index (χ1n) is 10.7. The molecule has 0 saturated carbocycles. The lowest BCUT2D eigenvalue weighted by Crippen LogP contribution is -2.17. The Morgan fingerprint density at radius 2 is 2.06 bits per heavy atom. The summed E-state index contributed by atoms with van der Waals surface area (Å²) < 4.78 is 53.4. The molecule has 0 spiro atoms. The van der Waals surface area contributed by atoms with Crippen LogP contribution in [0.15, 0.2) is 52.2 Å². The lowest BCUT2D eigenvalue weighted by atomic mass is 10.0. The summed E-state index contributed by atoms with van der Waals surface area (Å²) in [5.74, 6) is 0.501. The minimum absolute atomic E-state index is 0.00605. The number of sulfonamides is 1. The van der Waals surface area contributed by atoms with E-state index >= 15 is 0 Å². The fraction of sp³-hybridized carbons (Fsp3) is 0.261. The number of aromatic nitrogens is 4. The first kappa shape index (κ1) is 22.7. The van der Waals surface area contributed by atoms with Gasteiger partial charge in [-0.25, -0.2) is 13.4 Å². The molecule has 4 heterocycles. The van der Waals surface area contributed by atoms with E-state index in [1.807, 2.05) is 30.5 Å². The number of hydrogen-bond acceptors (Lipinski definition) is 9. The van der Waals surface area contributed by atoms with Crippen LogP contribution in [0.25, 0.3) is 11.0 Å². The molecule has 0 bridgehead atoms. The third-order valence-corrected chi connectivity index (χ3v) is 6.94. The molecular weight excluding hydrogens is 474 g/mol. The smallest absolute Gasteiger partial charge is 0.272 e. The van der Waals surface area contributed by atoms with Crippen LogP contribution in [0, 0.1) is 6.92 Å². The molecule has 1 N–H and O–H groups in total. The van der Waals surface area contributed by atoms with Crippen LogP contribution in [-0.4, -0.2) is 49.2 Å². The fourth-order valence-electron chi connectivity index (χ4n) is 4.05. The van der Waals surface area contributed by atoms with E-state index in [4.69, 9.17) is 18.7 Å². The van der Waals surface area contributed by atoms with Gasteiger partial charge in [-0.05, 0) is 31.0 Å². The number of fused-ring (bicyclic) bond motifs is 3. The van der Waals surface area contributed by atoms with Gasteiger partial charge in [0.05, 0.1) is 20.8 Å². The SMILES string of the molecule is COc1cc(C)nc(OC)c1S(=O)(=O)Nc1noc2cc(Cn3cccn3)c3c(c12)OCC=CC3. The van der Waals surface area contributed by atoms with Gasteiger partial charge in [0.1, 0.15) is 23.5 Å². The van der Waals surface area contributed by atoms with Crippen LogP contribution in [-0.2, 0) is 23.0 Å². The quantitative estimate of drug-likeness (QED) is 0.383. The predicted molar refractivity (Wildman–Crippen MR) is 127 cm³/mol. The van der Waals surface area contributed by atoms with Crippen molar-refractivity contribution in [2.24, 2.45) is 0 Å². The summed E-state index contributed by atoms with van der Waals surface area (Å²) in [6, 6.07) is 5.19. The van der Waals surface area contributed by atoms with E-state index in [1.165, 1.54) is 20.3 Å². The molecule has 182 valence electrons. The Balaban J connectivity index is 1.63. The van der Waals surface area contributed by atoms with E-state index in [-0.39, 0.29) is 22.3 Å². The summed E-state index contributed by atoms with van der Waals surface area (Å²) in [7, 11) is -1.52. The van der Waals surface area contributed by atoms with Gasteiger partial charge < -0.3 is 18.7 Å². The number of nitrogens with one attached hydrogen (secondary N) is 1.